The maximum atomic E-state index is 5.41. The van der Waals surface area contributed by atoms with E-state index in [0.29, 0.717) is 0 Å². The molecule has 2 aromatic rings. The SMILES string of the molecule is CCNCc1sc(N(C)Cc2ccccc2OC)nc1C. The van der Waals surface area contributed by atoms with Gasteiger partial charge in [-0.3, -0.25) is 0 Å². The minimum Gasteiger partial charge on any atom is -0.496 e. The van der Waals surface area contributed by atoms with Gasteiger partial charge in [-0.2, -0.15) is 0 Å². The highest BCUT2D eigenvalue weighted by atomic mass is 32.1. The van der Waals surface area contributed by atoms with Crippen molar-refractivity contribution in [2.24, 2.45) is 0 Å². The van der Waals surface area contributed by atoms with Crippen LogP contribution in [0, 0.1) is 6.92 Å². The average Bonchev–Trinajstić information content (AvgIpc) is 2.87. The number of hydrogen-bond acceptors (Lipinski definition) is 5. The number of aromatic nitrogens is 1. The molecular weight excluding hydrogens is 282 g/mol. The zero-order chi connectivity index (χ0) is 15.2. The van der Waals surface area contributed by atoms with Crippen LogP contribution in [0.3, 0.4) is 0 Å². The molecular formula is C16H23N3OS. The third-order valence-corrected chi connectivity index (χ3v) is 4.62. The van der Waals surface area contributed by atoms with E-state index in [1.807, 2.05) is 18.2 Å². The molecule has 0 atom stereocenters. The molecule has 0 radical (unpaired) electrons. The van der Waals surface area contributed by atoms with Crippen molar-refractivity contribution >= 4 is 16.5 Å². The van der Waals surface area contributed by atoms with Gasteiger partial charge in [-0.05, 0) is 19.5 Å². The Morgan fingerprint density at radius 3 is 2.81 bits per heavy atom. The Hall–Kier alpha value is -1.59. The molecule has 0 bridgehead atoms. The van der Waals surface area contributed by atoms with Crippen LogP contribution in [0.5, 0.6) is 5.75 Å². The van der Waals surface area contributed by atoms with Gasteiger partial charge in [0.1, 0.15) is 5.75 Å². The number of benzene rings is 1. The second-order valence-electron chi connectivity index (χ2n) is 4.95. The molecule has 0 spiro atoms. The quantitative estimate of drug-likeness (QED) is 0.852. The van der Waals surface area contributed by atoms with Crippen molar-refractivity contribution in [1.29, 1.82) is 0 Å². The van der Waals surface area contributed by atoms with Crippen molar-refractivity contribution in [2.45, 2.75) is 26.9 Å². The number of aryl methyl sites for hydroxylation is 1. The lowest BCUT2D eigenvalue weighted by molar-refractivity contribution is 0.409. The van der Waals surface area contributed by atoms with Gasteiger partial charge in [0.05, 0.1) is 12.8 Å². The summed E-state index contributed by atoms with van der Waals surface area (Å²) in [4.78, 5) is 8.15. The molecule has 0 amide bonds. The number of ether oxygens (including phenoxy) is 1. The van der Waals surface area contributed by atoms with Crippen molar-refractivity contribution in [1.82, 2.24) is 10.3 Å². The largest absolute Gasteiger partial charge is 0.496 e. The van der Waals surface area contributed by atoms with Gasteiger partial charge >= 0.3 is 0 Å². The van der Waals surface area contributed by atoms with Crippen LogP contribution in [0.25, 0.3) is 0 Å². The van der Waals surface area contributed by atoms with Gasteiger partial charge < -0.3 is 15.0 Å². The molecule has 0 aliphatic rings. The molecule has 0 unspecified atom stereocenters. The molecule has 1 N–H and O–H groups in total. The van der Waals surface area contributed by atoms with E-state index in [4.69, 9.17) is 4.74 Å². The summed E-state index contributed by atoms with van der Waals surface area (Å²) in [6, 6.07) is 8.11. The number of hydrogen-bond donors (Lipinski definition) is 1. The Bertz CT molecular complexity index is 583. The van der Waals surface area contributed by atoms with Gasteiger partial charge in [0.15, 0.2) is 5.13 Å². The predicted molar refractivity (Wildman–Crippen MR) is 89.3 cm³/mol. The summed E-state index contributed by atoms with van der Waals surface area (Å²) >= 11 is 1.75. The van der Waals surface area contributed by atoms with E-state index < -0.39 is 0 Å². The van der Waals surface area contributed by atoms with Gasteiger partial charge in [-0.15, -0.1) is 11.3 Å². The molecule has 5 heteroatoms. The molecule has 1 aromatic carbocycles. The Kier molecular flexibility index (Phi) is 5.59. The first-order valence-electron chi connectivity index (χ1n) is 7.15. The third kappa shape index (κ3) is 3.95. The highest BCUT2D eigenvalue weighted by Gasteiger charge is 2.12. The van der Waals surface area contributed by atoms with E-state index in [1.165, 1.54) is 10.4 Å². The molecule has 0 aliphatic heterocycles. The van der Waals surface area contributed by atoms with E-state index in [0.717, 1.165) is 36.2 Å². The second kappa shape index (κ2) is 7.43. The molecule has 4 nitrogen and oxygen atoms in total. The van der Waals surface area contributed by atoms with E-state index in [9.17, 15) is 0 Å². The van der Waals surface area contributed by atoms with Crippen LogP contribution in [0.15, 0.2) is 24.3 Å². The first kappa shape index (κ1) is 15.8. The molecule has 0 saturated carbocycles. The molecule has 1 heterocycles. The van der Waals surface area contributed by atoms with Crippen LogP contribution >= 0.6 is 11.3 Å². The maximum Gasteiger partial charge on any atom is 0.185 e. The highest BCUT2D eigenvalue weighted by Crippen LogP contribution is 2.28. The van der Waals surface area contributed by atoms with Crippen LogP contribution in [-0.4, -0.2) is 25.7 Å². The topological polar surface area (TPSA) is 37.4 Å². The Balaban J connectivity index is 2.11. The number of thiazole rings is 1. The first-order chi connectivity index (χ1) is 10.2. The van der Waals surface area contributed by atoms with E-state index in [1.54, 1.807) is 18.4 Å². The predicted octanol–water partition coefficient (Wildman–Crippen LogP) is 3.21. The Morgan fingerprint density at radius 1 is 1.33 bits per heavy atom. The van der Waals surface area contributed by atoms with Crippen LogP contribution in [0.2, 0.25) is 0 Å². The molecule has 2 rings (SSSR count). The molecule has 0 fully saturated rings. The lowest BCUT2D eigenvalue weighted by atomic mass is 10.2. The number of para-hydroxylation sites is 1. The number of anilines is 1. The lowest BCUT2D eigenvalue weighted by Gasteiger charge is -2.17. The van der Waals surface area contributed by atoms with Crippen molar-refractivity contribution < 1.29 is 4.74 Å². The van der Waals surface area contributed by atoms with Gasteiger partial charge in [-0.25, -0.2) is 4.98 Å². The summed E-state index contributed by atoms with van der Waals surface area (Å²) in [5, 5.41) is 4.40. The lowest BCUT2D eigenvalue weighted by Crippen LogP contribution is -2.16. The zero-order valence-electron chi connectivity index (χ0n) is 13.1. The monoisotopic (exact) mass is 305 g/mol. The number of rotatable bonds is 7. The second-order valence-corrected chi connectivity index (χ2v) is 6.02. The normalized spacial score (nSPS) is 10.7. The Labute approximate surface area is 130 Å². The van der Waals surface area contributed by atoms with Crippen LogP contribution in [0.1, 0.15) is 23.1 Å². The van der Waals surface area contributed by atoms with E-state index >= 15 is 0 Å². The van der Waals surface area contributed by atoms with Crippen molar-refractivity contribution in [2.75, 3.05) is 25.6 Å². The molecule has 1 aromatic heterocycles. The fourth-order valence-electron chi connectivity index (χ4n) is 2.14. The fraction of sp³-hybridized carbons (Fsp3) is 0.438. The number of methoxy groups -OCH3 is 1. The van der Waals surface area contributed by atoms with E-state index in [2.05, 4.69) is 42.2 Å². The summed E-state index contributed by atoms with van der Waals surface area (Å²) in [7, 11) is 3.78. The average molecular weight is 305 g/mol. The smallest absolute Gasteiger partial charge is 0.185 e. The minimum absolute atomic E-state index is 0.789. The molecule has 0 aliphatic carbocycles. The summed E-state index contributed by atoms with van der Waals surface area (Å²) in [5.41, 5.74) is 2.28. The van der Waals surface area contributed by atoms with Crippen LogP contribution in [-0.2, 0) is 13.1 Å². The number of nitrogens with one attached hydrogen (secondary N) is 1. The summed E-state index contributed by atoms with van der Waals surface area (Å²) in [5.74, 6) is 0.922. The van der Waals surface area contributed by atoms with Gasteiger partial charge in [0.25, 0.3) is 0 Å². The van der Waals surface area contributed by atoms with Crippen molar-refractivity contribution in [3.05, 3.63) is 40.4 Å². The minimum atomic E-state index is 0.789. The molecule has 114 valence electrons. The molecule has 21 heavy (non-hydrogen) atoms. The van der Waals surface area contributed by atoms with Crippen molar-refractivity contribution in [3.63, 3.8) is 0 Å². The molecule has 0 saturated heterocycles. The van der Waals surface area contributed by atoms with Crippen LogP contribution < -0.4 is 15.0 Å². The Morgan fingerprint density at radius 2 is 2.10 bits per heavy atom. The van der Waals surface area contributed by atoms with Crippen LogP contribution in [0.4, 0.5) is 5.13 Å². The summed E-state index contributed by atoms with van der Waals surface area (Å²) in [6.07, 6.45) is 0. The first-order valence-corrected chi connectivity index (χ1v) is 7.97. The standard InChI is InChI=1S/C16H23N3OS/c1-5-17-10-15-12(2)18-16(21-15)19(3)11-13-8-6-7-9-14(13)20-4/h6-9,17H,5,10-11H2,1-4H3. The maximum absolute atomic E-state index is 5.41. The van der Waals surface area contributed by atoms with E-state index in [-0.39, 0.29) is 0 Å². The number of nitrogens with zero attached hydrogens (tertiary/aromatic N) is 2. The summed E-state index contributed by atoms with van der Waals surface area (Å²) in [6.45, 7) is 6.85. The van der Waals surface area contributed by atoms with Crippen molar-refractivity contribution in [3.8, 4) is 5.75 Å². The zero-order valence-corrected chi connectivity index (χ0v) is 14.0. The van der Waals surface area contributed by atoms with Gasteiger partial charge in [0.2, 0.25) is 0 Å². The summed E-state index contributed by atoms with van der Waals surface area (Å²) < 4.78 is 5.41. The van der Waals surface area contributed by atoms with Gasteiger partial charge in [-0.1, -0.05) is 25.1 Å². The highest BCUT2D eigenvalue weighted by molar-refractivity contribution is 7.15. The fourth-order valence-corrected chi connectivity index (χ4v) is 3.13. The third-order valence-electron chi connectivity index (χ3n) is 3.34. The van der Waals surface area contributed by atoms with Gasteiger partial charge in [0, 0.05) is 30.6 Å².